The van der Waals surface area contributed by atoms with Crippen molar-refractivity contribution in [1.29, 1.82) is 0 Å². The maximum atomic E-state index is 12.2. The van der Waals surface area contributed by atoms with Gasteiger partial charge in [0.2, 0.25) is 5.91 Å². The Balaban J connectivity index is 0.00000324. The summed E-state index contributed by atoms with van der Waals surface area (Å²) < 4.78 is 23.1. The molecule has 0 aliphatic heterocycles. The third-order valence-corrected chi connectivity index (χ3v) is 5.64. The largest absolute Gasteiger partial charge is 0.342 e. The highest BCUT2D eigenvalue weighted by atomic mass is 35.5. The van der Waals surface area contributed by atoms with Crippen molar-refractivity contribution in [2.75, 3.05) is 18.6 Å². The molecule has 1 rings (SSSR count). The van der Waals surface area contributed by atoms with Crippen molar-refractivity contribution in [3.05, 3.63) is 0 Å². The molecule has 7 heteroatoms. The number of amides is 1. The third kappa shape index (κ3) is 5.28. The molecule has 5 nitrogen and oxygen atoms in total. The predicted octanol–water partition coefficient (Wildman–Crippen LogP) is 0.817. The van der Waals surface area contributed by atoms with Gasteiger partial charge in [-0.3, -0.25) is 4.79 Å². The molecule has 19 heavy (non-hydrogen) atoms. The second-order valence-electron chi connectivity index (χ2n) is 5.27. The predicted molar refractivity (Wildman–Crippen MR) is 79.1 cm³/mol. The lowest BCUT2D eigenvalue weighted by atomic mass is 10.1. The molecule has 1 amide bonds. The average Bonchev–Trinajstić information content (AvgIpc) is 2.73. The number of sulfone groups is 1. The zero-order valence-corrected chi connectivity index (χ0v) is 13.5. The molecule has 1 fully saturated rings. The van der Waals surface area contributed by atoms with E-state index in [0.717, 1.165) is 19.3 Å². The Labute approximate surface area is 122 Å². The molecule has 0 aromatic heterocycles. The molecule has 114 valence electrons. The van der Waals surface area contributed by atoms with Crippen LogP contribution in [-0.2, 0) is 14.6 Å². The maximum absolute atomic E-state index is 12.2. The van der Waals surface area contributed by atoms with Crippen LogP contribution in [0.2, 0.25) is 0 Å². The van der Waals surface area contributed by atoms with Crippen LogP contribution < -0.4 is 5.73 Å². The first-order chi connectivity index (χ1) is 8.26. The van der Waals surface area contributed by atoms with Gasteiger partial charge >= 0.3 is 0 Å². The van der Waals surface area contributed by atoms with Gasteiger partial charge < -0.3 is 10.6 Å². The van der Waals surface area contributed by atoms with E-state index in [0.29, 0.717) is 0 Å². The Morgan fingerprint density at radius 3 is 2.42 bits per heavy atom. The van der Waals surface area contributed by atoms with Crippen molar-refractivity contribution in [1.82, 2.24) is 4.90 Å². The van der Waals surface area contributed by atoms with E-state index in [9.17, 15) is 13.2 Å². The first-order valence-corrected chi connectivity index (χ1v) is 8.31. The van der Waals surface area contributed by atoms with Crippen molar-refractivity contribution in [3.8, 4) is 0 Å². The van der Waals surface area contributed by atoms with Crippen LogP contribution in [0.4, 0.5) is 0 Å². The summed E-state index contributed by atoms with van der Waals surface area (Å²) in [7, 11) is -1.37. The van der Waals surface area contributed by atoms with Gasteiger partial charge in [0.1, 0.15) is 0 Å². The summed E-state index contributed by atoms with van der Waals surface area (Å²) in [6.07, 6.45) is 2.42. The van der Waals surface area contributed by atoms with Gasteiger partial charge in [-0.2, -0.15) is 0 Å². The average molecular weight is 313 g/mol. The minimum Gasteiger partial charge on any atom is -0.342 e. The lowest BCUT2D eigenvalue weighted by Crippen LogP contribution is -2.42. The van der Waals surface area contributed by atoms with Crippen molar-refractivity contribution < 1.29 is 13.2 Å². The Morgan fingerprint density at radius 2 is 2.00 bits per heavy atom. The van der Waals surface area contributed by atoms with Crippen molar-refractivity contribution in [2.45, 2.75) is 45.2 Å². The molecule has 1 aliphatic carbocycles. The molecule has 1 saturated carbocycles. The summed E-state index contributed by atoms with van der Waals surface area (Å²) in [5.74, 6) is 0.150. The highest BCUT2D eigenvalue weighted by Crippen LogP contribution is 2.26. The van der Waals surface area contributed by atoms with Gasteiger partial charge in [-0.1, -0.05) is 6.92 Å². The number of hydrogen-bond donors (Lipinski definition) is 1. The van der Waals surface area contributed by atoms with Crippen LogP contribution in [0.5, 0.6) is 0 Å². The highest BCUT2D eigenvalue weighted by molar-refractivity contribution is 7.91. The van der Waals surface area contributed by atoms with E-state index in [-0.39, 0.29) is 47.8 Å². The molecule has 3 unspecified atom stereocenters. The molecule has 0 bridgehead atoms. The van der Waals surface area contributed by atoms with Gasteiger partial charge in [0.25, 0.3) is 0 Å². The summed E-state index contributed by atoms with van der Waals surface area (Å²) in [5.41, 5.74) is 5.80. The Hall–Kier alpha value is -0.330. The summed E-state index contributed by atoms with van der Waals surface area (Å²) >= 11 is 0. The van der Waals surface area contributed by atoms with Crippen molar-refractivity contribution in [2.24, 2.45) is 11.7 Å². The van der Waals surface area contributed by atoms with E-state index in [2.05, 4.69) is 0 Å². The van der Waals surface area contributed by atoms with Gasteiger partial charge in [-0.25, -0.2) is 8.42 Å². The van der Waals surface area contributed by atoms with Crippen LogP contribution in [0.25, 0.3) is 0 Å². The molecule has 0 aromatic rings. The molecule has 0 aromatic carbocycles. The third-order valence-electron chi connectivity index (χ3n) is 3.77. The lowest BCUT2D eigenvalue weighted by molar-refractivity contribution is -0.135. The summed E-state index contributed by atoms with van der Waals surface area (Å²) in [6.45, 7) is 3.40. The minimum atomic E-state index is -3.05. The van der Waals surface area contributed by atoms with Crippen molar-refractivity contribution >= 4 is 28.2 Å². The number of carbonyl (C=O) groups excluding carboxylic acids is 1. The molecule has 1 aliphatic rings. The van der Waals surface area contributed by atoms with Crippen LogP contribution in [0.1, 0.15) is 33.1 Å². The molecule has 0 radical (unpaired) electrons. The quantitative estimate of drug-likeness (QED) is 0.815. The van der Waals surface area contributed by atoms with Gasteiger partial charge in [0, 0.05) is 30.8 Å². The molecular weight excluding hydrogens is 288 g/mol. The number of carbonyl (C=O) groups is 1. The van der Waals surface area contributed by atoms with Crippen LogP contribution in [0.3, 0.4) is 0 Å². The fourth-order valence-electron chi connectivity index (χ4n) is 2.34. The van der Waals surface area contributed by atoms with Crippen molar-refractivity contribution in [3.63, 3.8) is 0 Å². The van der Waals surface area contributed by atoms with E-state index in [1.165, 1.54) is 0 Å². The number of halogens is 1. The molecule has 0 heterocycles. The number of rotatable bonds is 5. The topological polar surface area (TPSA) is 80.5 Å². The molecule has 3 atom stereocenters. The Bertz CT molecular complexity index is 400. The zero-order valence-electron chi connectivity index (χ0n) is 11.8. The van der Waals surface area contributed by atoms with E-state index in [1.807, 2.05) is 0 Å². The molecule has 0 spiro atoms. The second kappa shape index (κ2) is 7.45. The fourth-order valence-corrected chi connectivity index (χ4v) is 3.54. The SMILES string of the molecule is CCS(=O)(=O)CC(C)N(C)C(=O)C1CCC(N)C1.Cl. The van der Waals surface area contributed by atoms with Crippen LogP contribution in [0, 0.1) is 5.92 Å². The van der Waals surface area contributed by atoms with Crippen LogP contribution in [0.15, 0.2) is 0 Å². The molecule has 2 N–H and O–H groups in total. The molecule has 0 saturated heterocycles. The number of nitrogens with two attached hydrogens (primary N) is 1. The van der Waals surface area contributed by atoms with E-state index in [4.69, 9.17) is 5.73 Å². The zero-order chi connectivity index (χ0) is 13.9. The van der Waals surface area contributed by atoms with E-state index >= 15 is 0 Å². The fraction of sp³-hybridized carbons (Fsp3) is 0.917. The normalized spacial score (nSPS) is 24.6. The standard InChI is InChI=1S/C12H24N2O3S.ClH/c1-4-18(16,17)8-9(2)14(3)12(15)10-5-6-11(13)7-10;/h9-11H,4-8,13H2,1-3H3;1H. The lowest BCUT2D eigenvalue weighted by Gasteiger charge is -2.27. The van der Waals surface area contributed by atoms with Crippen LogP contribution >= 0.6 is 12.4 Å². The Kier molecular flexibility index (Phi) is 7.32. The minimum absolute atomic E-state index is 0. The highest BCUT2D eigenvalue weighted by Gasteiger charge is 2.32. The van der Waals surface area contributed by atoms with E-state index in [1.54, 1.807) is 25.8 Å². The maximum Gasteiger partial charge on any atom is 0.225 e. The van der Waals surface area contributed by atoms with Gasteiger partial charge in [0.05, 0.1) is 5.75 Å². The Morgan fingerprint density at radius 1 is 1.42 bits per heavy atom. The van der Waals surface area contributed by atoms with E-state index < -0.39 is 9.84 Å². The summed E-state index contributed by atoms with van der Waals surface area (Å²) in [4.78, 5) is 13.7. The van der Waals surface area contributed by atoms with Gasteiger partial charge in [-0.15, -0.1) is 12.4 Å². The number of nitrogens with zero attached hydrogens (tertiary/aromatic N) is 1. The second-order valence-corrected chi connectivity index (χ2v) is 7.66. The van der Waals surface area contributed by atoms with Gasteiger partial charge in [-0.05, 0) is 26.2 Å². The first-order valence-electron chi connectivity index (χ1n) is 6.49. The monoisotopic (exact) mass is 312 g/mol. The van der Waals surface area contributed by atoms with Gasteiger partial charge in [0.15, 0.2) is 9.84 Å². The van der Waals surface area contributed by atoms with Crippen LogP contribution in [-0.4, -0.2) is 49.9 Å². The number of hydrogen-bond acceptors (Lipinski definition) is 4. The smallest absolute Gasteiger partial charge is 0.225 e. The summed E-state index contributed by atoms with van der Waals surface area (Å²) in [5, 5.41) is 0. The first kappa shape index (κ1) is 18.7. The molecular formula is C12H25ClN2O3S. The summed E-state index contributed by atoms with van der Waals surface area (Å²) in [6, 6.07) is -0.165.